The minimum Gasteiger partial charge on any atom is -0.399 e. The van der Waals surface area contributed by atoms with Gasteiger partial charge in [-0.15, -0.1) is 0 Å². The van der Waals surface area contributed by atoms with E-state index in [2.05, 4.69) is 5.32 Å². The fraction of sp³-hybridized carbons (Fsp3) is 0.222. The van der Waals surface area contributed by atoms with Crippen LogP contribution in [0.1, 0.15) is 18.1 Å². The third-order valence-electron chi connectivity index (χ3n) is 3.48. The topological polar surface area (TPSA) is 75.4 Å². The van der Waals surface area contributed by atoms with E-state index in [9.17, 15) is 9.59 Å². The van der Waals surface area contributed by atoms with Crippen molar-refractivity contribution in [3.05, 3.63) is 59.7 Å². The van der Waals surface area contributed by atoms with Crippen LogP contribution in [0.2, 0.25) is 0 Å². The van der Waals surface area contributed by atoms with E-state index in [1.54, 1.807) is 24.3 Å². The van der Waals surface area contributed by atoms with E-state index in [0.29, 0.717) is 24.3 Å². The number of aryl methyl sites for hydroxylation is 1. The molecule has 5 nitrogen and oxygen atoms in total. The number of benzene rings is 2. The van der Waals surface area contributed by atoms with Crippen molar-refractivity contribution in [2.45, 2.75) is 20.3 Å². The molecule has 0 unspecified atom stereocenters. The number of nitrogens with zero attached hydrogens (tertiary/aromatic N) is 1. The molecule has 0 radical (unpaired) electrons. The van der Waals surface area contributed by atoms with Crippen molar-refractivity contribution in [3.8, 4) is 0 Å². The number of nitrogens with one attached hydrogen (secondary N) is 1. The molecule has 2 rings (SSSR count). The van der Waals surface area contributed by atoms with Crippen molar-refractivity contribution in [2.24, 2.45) is 0 Å². The Morgan fingerprint density at radius 1 is 1.04 bits per heavy atom. The Hall–Kier alpha value is -2.82. The summed E-state index contributed by atoms with van der Waals surface area (Å²) in [5.41, 5.74) is 9.05. The van der Waals surface area contributed by atoms with Crippen LogP contribution in [-0.4, -0.2) is 18.5 Å². The van der Waals surface area contributed by atoms with Gasteiger partial charge in [0.2, 0.25) is 5.91 Å². The van der Waals surface area contributed by atoms with E-state index in [1.165, 1.54) is 12.5 Å². The molecule has 0 spiro atoms. The van der Waals surface area contributed by atoms with E-state index in [1.807, 2.05) is 31.2 Å². The number of imide groups is 1. The maximum atomic E-state index is 12.3. The van der Waals surface area contributed by atoms with E-state index >= 15 is 0 Å². The highest BCUT2D eigenvalue weighted by Gasteiger charge is 2.19. The van der Waals surface area contributed by atoms with Crippen LogP contribution in [0.3, 0.4) is 0 Å². The van der Waals surface area contributed by atoms with E-state index in [-0.39, 0.29) is 5.91 Å². The minimum atomic E-state index is -0.436. The van der Waals surface area contributed by atoms with E-state index in [0.717, 1.165) is 10.5 Å². The Labute approximate surface area is 136 Å². The van der Waals surface area contributed by atoms with Gasteiger partial charge in [0.05, 0.1) is 5.69 Å². The zero-order valence-corrected chi connectivity index (χ0v) is 13.4. The van der Waals surface area contributed by atoms with Gasteiger partial charge in [-0.05, 0) is 43.2 Å². The smallest absolute Gasteiger partial charge is 0.328 e. The fourth-order valence-corrected chi connectivity index (χ4v) is 2.21. The number of hydrogen-bond acceptors (Lipinski definition) is 3. The summed E-state index contributed by atoms with van der Waals surface area (Å²) < 4.78 is 0. The molecule has 0 atom stereocenters. The molecule has 2 aromatic rings. The van der Waals surface area contributed by atoms with Gasteiger partial charge in [0.25, 0.3) is 0 Å². The van der Waals surface area contributed by atoms with Crippen LogP contribution in [0.4, 0.5) is 16.2 Å². The molecular weight excluding hydrogens is 290 g/mol. The van der Waals surface area contributed by atoms with Gasteiger partial charge in [-0.2, -0.15) is 0 Å². The van der Waals surface area contributed by atoms with Crippen LogP contribution in [0.15, 0.2) is 48.5 Å². The van der Waals surface area contributed by atoms with Crippen LogP contribution >= 0.6 is 0 Å². The van der Waals surface area contributed by atoms with Crippen LogP contribution in [-0.2, 0) is 11.2 Å². The zero-order chi connectivity index (χ0) is 16.8. The molecule has 3 N–H and O–H groups in total. The standard InChI is InChI=1S/C18H21N3O2/c1-13-3-5-15(6-4-13)11-12-20-18(23)21(14(2)22)17-9-7-16(19)8-10-17/h3-10H,11-12,19H2,1-2H3,(H,20,23). The molecule has 120 valence electrons. The fourth-order valence-electron chi connectivity index (χ4n) is 2.21. The van der Waals surface area contributed by atoms with Gasteiger partial charge in [-0.1, -0.05) is 29.8 Å². The lowest BCUT2D eigenvalue weighted by atomic mass is 10.1. The summed E-state index contributed by atoms with van der Waals surface area (Å²) in [5.74, 6) is -0.345. The number of urea groups is 1. The first-order valence-corrected chi connectivity index (χ1v) is 7.47. The summed E-state index contributed by atoms with van der Waals surface area (Å²) in [6.45, 7) is 3.85. The van der Waals surface area contributed by atoms with Crippen molar-refractivity contribution < 1.29 is 9.59 Å². The molecule has 2 aromatic carbocycles. The molecule has 23 heavy (non-hydrogen) atoms. The van der Waals surface area contributed by atoms with Crippen LogP contribution in [0.25, 0.3) is 0 Å². The van der Waals surface area contributed by atoms with Crippen molar-refractivity contribution in [1.29, 1.82) is 0 Å². The van der Waals surface area contributed by atoms with Gasteiger partial charge >= 0.3 is 6.03 Å². The summed E-state index contributed by atoms with van der Waals surface area (Å²) in [4.78, 5) is 25.2. The molecule has 0 bridgehead atoms. The third kappa shape index (κ3) is 4.57. The van der Waals surface area contributed by atoms with Gasteiger partial charge in [0.15, 0.2) is 0 Å². The summed E-state index contributed by atoms with van der Waals surface area (Å²) in [6, 6.07) is 14.3. The van der Waals surface area contributed by atoms with Crippen LogP contribution in [0, 0.1) is 6.92 Å². The minimum absolute atomic E-state index is 0.345. The maximum absolute atomic E-state index is 12.3. The number of nitrogen functional groups attached to an aromatic ring is 1. The van der Waals surface area contributed by atoms with Crippen molar-refractivity contribution in [1.82, 2.24) is 5.32 Å². The van der Waals surface area contributed by atoms with Crippen LogP contribution in [0.5, 0.6) is 0 Å². The molecule has 0 fully saturated rings. The number of carbonyl (C=O) groups excluding carboxylic acids is 2. The zero-order valence-electron chi connectivity index (χ0n) is 13.4. The van der Waals surface area contributed by atoms with E-state index in [4.69, 9.17) is 5.73 Å². The van der Waals surface area contributed by atoms with Crippen LogP contribution < -0.4 is 16.0 Å². The normalized spacial score (nSPS) is 10.2. The molecule has 0 heterocycles. The number of rotatable bonds is 4. The monoisotopic (exact) mass is 311 g/mol. The van der Waals surface area contributed by atoms with Gasteiger partial charge < -0.3 is 11.1 Å². The Morgan fingerprint density at radius 2 is 1.65 bits per heavy atom. The SMILES string of the molecule is CC(=O)N(C(=O)NCCc1ccc(C)cc1)c1ccc(N)cc1. The Kier molecular flexibility index (Phi) is 5.36. The first kappa shape index (κ1) is 16.5. The summed E-state index contributed by atoms with van der Waals surface area (Å²) in [5, 5.41) is 2.78. The molecule has 5 heteroatoms. The highest BCUT2D eigenvalue weighted by Crippen LogP contribution is 2.16. The first-order valence-electron chi connectivity index (χ1n) is 7.47. The molecule has 0 aromatic heterocycles. The van der Waals surface area contributed by atoms with E-state index < -0.39 is 6.03 Å². The summed E-state index contributed by atoms with van der Waals surface area (Å²) >= 11 is 0. The first-order chi connectivity index (χ1) is 11.0. The molecule has 0 aliphatic heterocycles. The second-order valence-electron chi connectivity index (χ2n) is 5.41. The quantitative estimate of drug-likeness (QED) is 0.853. The number of hydrogen-bond donors (Lipinski definition) is 2. The molecule has 3 amide bonds. The summed E-state index contributed by atoms with van der Waals surface area (Å²) in [7, 11) is 0. The number of nitrogens with two attached hydrogens (primary N) is 1. The maximum Gasteiger partial charge on any atom is 0.328 e. The van der Waals surface area contributed by atoms with Crippen molar-refractivity contribution in [2.75, 3.05) is 17.2 Å². The molecule has 0 aliphatic rings. The summed E-state index contributed by atoms with van der Waals surface area (Å²) in [6.07, 6.45) is 0.708. The average Bonchev–Trinajstić information content (AvgIpc) is 2.51. The van der Waals surface area contributed by atoms with Gasteiger partial charge in [0, 0.05) is 19.2 Å². The molecule has 0 saturated heterocycles. The number of anilines is 2. The Bertz CT molecular complexity index is 678. The average molecular weight is 311 g/mol. The number of amides is 3. The third-order valence-corrected chi connectivity index (χ3v) is 3.48. The highest BCUT2D eigenvalue weighted by molar-refractivity contribution is 6.13. The largest absolute Gasteiger partial charge is 0.399 e. The Morgan fingerprint density at radius 3 is 2.22 bits per heavy atom. The predicted octanol–water partition coefficient (Wildman–Crippen LogP) is 2.88. The van der Waals surface area contributed by atoms with Gasteiger partial charge in [-0.3, -0.25) is 4.79 Å². The lowest BCUT2D eigenvalue weighted by Crippen LogP contribution is -2.43. The number of carbonyl (C=O) groups is 2. The lowest BCUT2D eigenvalue weighted by molar-refractivity contribution is -0.115. The van der Waals surface area contributed by atoms with Gasteiger partial charge in [0.1, 0.15) is 0 Å². The lowest BCUT2D eigenvalue weighted by Gasteiger charge is -2.20. The second-order valence-corrected chi connectivity index (χ2v) is 5.41. The van der Waals surface area contributed by atoms with Gasteiger partial charge in [-0.25, -0.2) is 9.69 Å². The molecular formula is C18H21N3O2. The highest BCUT2D eigenvalue weighted by atomic mass is 16.2. The van der Waals surface area contributed by atoms with Crippen molar-refractivity contribution in [3.63, 3.8) is 0 Å². The molecule has 0 saturated carbocycles. The van der Waals surface area contributed by atoms with Crippen molar-refractivity contribution >= 4 is 23.3 Å². The predicted molar refractivity (Wildman–Crippen MR) is 92.3 cm³/mol. The molecule has 0 aliphatic carbocycles. The second kappa shape index (κ2) is 7.45. The Balaban J connectivity index is 1.97.